The van der Waals surface area contributed by atoms with E-state index in [1.165, 1.54) is 12.3 Å². The number of fused-ring (bicyclic) bond motifs is 1. The highest BCUT2D eigenvalue weighted by Crippen LogP contribution is 2.37. The van der Waals surface area contributed by atoms with Crippen LogP contribution in [-0.4, -0.2) is 21.6 Å². The molecule has 188 valence electrons. The van der Waals surface area contributed by atoms with Crippen molar-refractivity contribution in [2.45, 2.75) is 25.7 Å². The smallest absolute Gasteiger partial charge is 0.416 e. The number of aromatic nitrogens is 2. The SMILES string of the molecule is C=C(O)c1cncc(OCc2cccc(-c3cccc(CN4CCc5ccc(C(F)(F)F)cc54)c3)n2)c1. The highest BCUT2D eigenvalue weighted by atomic mass is 19.4. The number of halogens is 3. The molecule has 1 N–H and O–H groups in total. The molecule has 1 aliphatic heterocycles. The first-order chi connectivity index (χ1) is 17.8. The molecule has 0 radical (unpaired) electrons. The number of nitrogens with zero attached hydrogens (tertiary/aromatic N) is 3. The number of alkyl halides is 3. The predicted molar refractivity (Wildman–Crippen MR) is 136 cm³/mol. The summed E-state index contributed by atoms with van der Waals surface area (Å²) in [6.45, 7) is 4.88. The molecule has 0 amide bonds. The molecule has 3 heterocycles. The van der Waals surface area contributed by atoms with Gasteiger partial charge < -0.3 is 14.7 Å². The topological polar surface area (TPSA) is 58.5 Å². The van der Waals surface area contributed by atoms with Crippen LogP contribution in [0.4, 0.5) is 18.9 Å². The quantitative estimate of drug-likeness (QED) is 0.280. The molecule has 0 unspecified atom stereocenters. The third-order valence-electron chi connectivity index (χ3n) is 6.24. The lowest BCUT2D eigenvalue weighted by Crippen LogP contribution is -2.20. The fraction of sp³-hybridized carbons (Fsp3) is 0.172. The summed E-state index contributed by atoms with van der Waals surface area (Å²) in [4.78, 5) is 10.7. The van der Waals surface area contributed by atoms with Crippen LogP contribution in [0.1, 0.15) is 27.9 Å². The van der Waals surface area contributed by atoms with Gasteiger partial charge in [-0.25, -0.2) is 4.98 Å². The van der Waals surface area contributed by atoms with Crippen LogP contribution >= 0.6 is 0 Å². The Morgan fingerprint density at radius 2 is 1.86 bits per heavy atom. The summed E-state index contributed by atoms with van der Waals surface area (Å²) in [5, 5.41) is 9.55. The van der Waals surface area contributed by atoms with Crippen molar-refractivity contribution in [1.82, 2.24) is 9.97 Å². The maximum Gasteiger partial charge on any atom is 0.416 e. The molecule has 1 aliphatic rings. The molecule has 2 aromatic carbocycles. The Morgan fingerprint density at radius 1 is 1.03 bits per heavy atom. The molecular weight excluding hydrogens is 479 g/mol. The molecule has 37 heavy (non-hydrogen) atoms. The number of anilines is 1. The van der Waals surface area contributed by atoms with E-state index in [1.54, 1.807) is 18.3 Å². The van der Waals surface area contributed by atoms with E-state index in [0.29, 0.717) is 35.8 Å². The van der Waals surface area contributed by atoms with E-state index in [1.807, 2.05) is 47.4 Å². The predicted octanol–water partition coefficient (Wildman–Crippen LogP) is 6.83. The van der Waals surface area contributed by atoms with Gasteiger partial charge in [-0.05, 0) is 53.9 Å². The number of pyridine rings is 2. The molecular formula is C29H24F3N3O2. The first-order valence-electron chi connectivity index (χ1n) is 11.7. The lowest BCUT2D eigenvalue weighted by molar-refractivity contribution is -0.137. The van der Waals surface area contributed by atoms with Gasteiger partial charge in [0.2, 0.25) is 0 Å². The lowest BCUT2D eigenvalue weighted by Gasteiger charge is -2.21. The highest BCUT2D eigenvalue weighted by Gasteiger charge is 2.32. The number of ether oxygens (including phenoxy) is 1. The van der Waals surface area contributed by atoms with Crippen molar-refractivity contribution >= 4 is 11.4 Å². The maximum absolute atomic E-state index is 13.2. The van der Waals surface area contributed by atoms with Crippen LogP contribution in [0.5, 0.6) is 5.75 Å². The summed E-state index contributed by atoms with van der Waals surface area (Å²) in [6.07, 6.45) is -0.594. The van der Waals surface area contributed by atoms with E-state index in [-0.39, 0.29) is 12.4 Å². The van der Waals surface area contributed by atoms with Gasteiger partial charge in [-0.1, -0.05) is 36.9 Å². The molecule has 5 nitrogen and oxygen atoms in total. The minimum absolute atomic E-state index is 0.0869. The monoisotopic (exact) mass is 503 g/mol. The van der Waals surface area contributed by atoms with E-state index >= 15 is 0 Å². The van der Waals surface area contributed by atoms with Gasteiger partial charge in [0, 0.05) is 36.1 Å². The van der Waals surface area contributed by atoms with Crippen LogP contribution in [0, 0.1) is 0 Å². The molecule has 0 atom stereocenters. The van der Waals surface area contributed by atoms with Crippen molar-refractivity contribution in [3.05, 3.63) is 114 Å². The van der Waals surface area contributed by atoms with E-state index < -0.39 is 11.7 Å². The summed E-state index contributed by atoms with van der Waals surface area (Å²) in [7, 11) is 0. The summed E-state index contributed by atoms with van der Waals surface area (Å²) in [5.41, 5.74) is 4.79. The number of hydrogen-bond acceptors (Lipinski definition) is 5. The van der Waals surface area contributed by atoms with E-state index in [9.17, 15) is 18.3 Å². The molecule has 0 bridgehead atoms. The summed E-state index contributed by atoms with van der Waals surface area (Å²) >= 11 is 0. The second-order valence-corrected chi connectivity index (χ2v) is 8.87. The number of aliphatic hydroxyl groups excluding tert-OH is 1. The highest BCUT2D eigenvalue weighted by molar-refractivity contribution is 5.63. The van der Waals surface area contributed by atoms with Crippen molar-refractivity contribution < 1.29 is 23.0 Å². The third-order valence-corrected chi connectivity index (χ3v) is 6.24. The van der Waals surface area contributed by atoms with Gasteiger partial charge in [-0.15, -0.1) is 0 Å². The minimum Gasteiger partial charge on any atom is -0.508 e. The lowest BCUT2D eigenvalue weighted by atomic mass is 10.1. The average Bonchev–Trinajstić information content (AvgIpc) is 3.29. The molecule has 0 saturated heterocycles. The van der Waals surface area contributed by atoms with Crippen LogP contribution in [-0.2, 0) is 25.7 Å². The van der Waals surface area contributed by atoms with Gasteiger partial charge in [0.15, 0.2) is 0 Å². The van der Waals surface area contributed by atoms with Crippen molar-refractivity contribution in [1.29, 1.82) is 0 Å². The standard InChI is InChI=1S/C29H24F3N3O2/c1-19(36)23-13-26(16-33-15-23)37-18-25-6-3-7-27(34-25)22-5-2-4-20(12-22)17-35-11-10-21-8-9-24(14-28(21)35)29(30,31)32/h2-9,12-16,36H,1,10-11,17-18H2. The first kappa shape index (κ1) is 24.4. The maximum atomic E-state index is 13.2. The van der Waals surface area contributed by atoms with E-state index in [0.717, 1.165) is 34.9 Å². The Labute approximate surface area is 212 Å². The van der Waals surface area contributed by atoms with Gasteiger partial charge in [0.1, 0.15) is 18.1 Å². The molecule has 4 aromatic rings. The number of benzene rings is 2. The zero-order chi connectivity index (χ0) is 26.0. The first-order valence-corrected chi connectivity index (χ1v) is 11.7. The molecule has 0 fully saturated rings. The largest absolute Gasteiger partial charge is 0.508 e. The minimum atomic E-state index is -4.36. The Kier molecular flexibility index (Phi) is 6.56. The molecule has 8 heteroatoms. The summed E-state index contributed by atoms with van der Waals surface area (Å²) in [5.74, 6) is 0.401. The van der Waals surface area contributed by atoms with Gasteiger partial charge in [-0.2, -0.15) is 13.2 Å². The van der Waals surface area contributed by atoms with Gasteiger partial charge in [-0.3, -0.25) is 4.98 Å². The number of hydrogen-bond donors (Lipinski definition) is 1. The van der Waals surface area contributed by atoms with Gasteiger partial charge in [0.05, 0.1) is 23.1 Å². The Morgan fingerprint density at radius 3 is 2.68 bits per heavy atom. The molecule has 0 saturated carbocycles. The Hall–Kier alpha value is -4.33. The van der Waals surface area contributed by atoms with Crippen LogP contribution < -0.4 is 9.64 Å². The van der Waals surface area contributed by atoms with Crippen LogP contribution in [0.25, 0.3) is 17.0 Å². The molecule has 5 rings (SSSR count). The number of rotatable bonds is 7. The Balaban J connectivity index is 1.31. The number of aliphatic hydroxyl groups is 1. The second kappa shape index (κ2) is 9.97. The van der Waals surface area contributed by atoms with Gasteiger partial charge in [0.25, 0.3) is 0 Å². The van der Waals surface area contributed by atoms with Crippen LogP contribution in [0.15, 0.2) is 85.7 Å². The van der Waals surface area contributed by atoms with Crippen molar-refractivity contribution in [3.63, 3.8) is 0 Å². The van der Waals surface area contributed by atoms with E-state index in [2.05, 4.69) is 11.6 Å². The van der Waals surface area contributed by atoms with Crippen molar-refractivity contribution in [2.75, 3.05) is 11.4 Å². The van der Waals surface area contributed by atoms with Gasteiger partial charge >= 0.3 is 6.18 Å². The second-order valence-electron chi connectivity index (χ2n) is 8.87. The Bertz CT molecular complexity index is 1450. The van der Waals surface area contributed by atoms with Crippen LogP contribution in [0.2, 0.25) is 0 Å². The molecule has 0 aliphatic carbocycles. The molecule has 2 aromatic heterocycles. The fourth-order valence-electron chi connectivity index (χ4n) is 4.37. The normalized spacial score (nSPS) is 12.9. The van der Waals surface area contributed by atoms with Crippen molar-refractivity contribution in [3.8, 4) is 17.0 Å². The average molecular weight is 504 g/mol. The fourth-order valence-corrected chi connectivity index (χ4v) is 4.37. The summed E-state index contributed by atoms with van der Waals surface area (Å²) in [6, 6.07) is 19.2. The van der Waals surface area contributed by atoms with Crippen molar-refractivity contribution in [2.24, 2.45) is 0 Å². The third kappa shape index (κ3) is 5.58. The molecule has 0 spiro atoms. The van der Waals surface area contributed by atoms with Crippen LogP contribution in [0.3, 0.4) is 0 Å². The van der Waals surface area contributed by atoms with E-state index in [4.69, 9.17) is 9.72 Å². The zero-order valence-electron chi connectivity index (χ0n) is 19.9. The zero-order valence-corrected chi connectivity index (χ0v) is 19.9. The summed E-state index contributed by atoms with van der Waals surface area (Å²) < 4.78 is 45.5.